The summed E-state index contributed by atoms with van der Waals surface area (Å²) in [5.41, 5.74) is 0. The van der Waals surface area contributed by atoms with E-state index in [1.807, 2.05) is 0 Å². The van der Waals surface area contributed by atoms with E-state index in [0.29, 0.717) is 0 Å². The first-order valence-electron chi connectivity index (χ1n) is 6.41. The van der Waals surface area contributed by atoms with Gasteiger partial charge in [0.15, 0.2) is 0 Å². The van der Waals surface area contributed by atoms with Crippen molar-refractivity contribution in [3.63, 3.8) is 0 Å². The van der Waals surface area contributed by atoms with Gasteiger partial charge in [0, 0.05) is 32.7 Å². The summed E-state index contributed by atoms with van der Waals surface area (Å²) in [5, 5.41) is 0. The molecule has 1 atom stereocenters. The van der Waals surface area contributed by atoms with E-state index in [0.717, 1.165) is 32.2 Å². The van der Waals surface area contributed by atoms with Crippen LogP contribution < -0.4 is 0 Å². The summed E-state index contributed by atoms with van der Waals surface area (Å²) in [4.78, 5) is 5.16. The van der Waals surface area contributed by atoms with Crippen molar-refractivity contribution in [2.24, 2.45) is 5.92 Å². The molecule has 0 radical (unpaired) electrons. The molecule has 2 heterocycles. The molecule has 0 saturated carbocycles. The maximum absolute atomic E-state index is 5.35. The quantitative estimate of drug-likeness (QED) is 0.693. The van der Waals surface area contributed by atoms with Gasteiger partial charge in [0.1, 0.15) is 0 Å². The molecule has 3 heteroatoms. The maximum Gasteiger partial charge on any atom is 0.0594 e. The number of nitrogens with zero attached hydrogens (tertiary/aromatic N) is 2. The molecular formula is C12H24N2O. The Bertz CT molecular complexity index is 180. The SMILES string of the molecule is CC[C@H]1CCN(CCN2CCOCC2)C1. The Morgan fingerprint density at radius 1 is 1.07 bits per heavy atom. The van der Waals surface area contributed by atoms with E-state index < -0.39 is 0 Å². The van der Waals surface area contributed by atoms with Gasteiger partial charge in [0.05, 0.1) is 13.2 Å². The molecule has 0 aromatic rings. The lowest BCUT2D eigenvalue weighted by atomic mass is 10.1. The minimum atomic E-state index is 0.928. The van der Waals surface area contributed by atoms with Crippen LogP contribution in [0.3, 0.4) is 0 Å². The van der Waals surface area contributed by atoms with Gasteiger partial charge >= 0.3 is 0 Å². The van der Waals surface area contributed by atoms with Gasteiger partial charge in [-0.1, -0.05) is 13.3 Å². The molecule has 0 N–H and O–H groups in total. The number of morpholine rings is 1. The largest absolute Gasteiger partial charge is 0.379 e. The molecule has 2 aliphatic rings. The number of hydrogen-bond donors (Lipinski definition) is 0. The molecular weight excluding hydrogens is 188 g/mol. The highest BCUT2D eigenvalue weighted by Crippen LogP contribution is 2.18. The van der Waals surface area contributed by atoms with E-state index >= 15 is 0 Å². The predicted molar refractivity (Wildman–Crippen MR) is 62.1 cm³/mol. The lowest BCUT2D eigenvalue weighted by molar-refractivity contribution is 0.0342. The fourth-order valence-corrected chi connectivity index (χ4v) is 2.56. The van der Waals surface area contributed by atoms with Gasteiger partial charge in [0.2, 0.25) is 0 Å². The lowest BCUT2D eigenvalue weighted by Gasteiger charge is -2.28. The summed E-state index contributed by atoms with van der Waals surface area (Å²) in [7, 11) is 0. The van der Waals surface area contributed by atoms with Crippen molar-refractivity contribution in [1.82, 2.24) is 9.80 Å². The summed E-state index contributed by atoms with van der Waals surface area (Å²) in [6, 6.07) is 0. The molecule has 2 aliphatic heterocycles. The van der Waals surface area contributed by atoms with Crippen LogP contribution in [0.5, 0.6) is 0 Å². The average Bonchev–Trinajstić information content (AvgIpc) is 2.76. The van der Waals surface area contributed by atoms with Crippen molar-refractivity contribution < 1.29 is 4.74 Å². The van der Waals surface area contributed by atoms with E-state index in [1.54, 1.807) is 0 Å². The molecule has 2 fully saturated rings. The highest BCUT2D eigenvalue weighted by atomic mass is 16.5. The summed E-state index contributed by atoms with van der Waals surface area (Å²) in [6.07, 6.45) is 2.77. The third-order valence-electron chi connectivity index (χ3n) is 3.78. The second kappa shape index (κ2) is 5.83. The fraction of sp³-hybridized carbons (Fsp3) is 1.00. The summed E-state index contributed by atoms with van der Waals surface area (Å²) in [6.45, 7) is 11.6. The normalized spacial score (nSPS) is 29.8. The first-order chi connectivity index (χ1) is 7.38. The fourth-order valence-electron chi connectivity index (χ4n) is 2.56. The van der Waals surface area contributed by atoms with E-state index in [-0.39, 0.29) is 0 Å². The summed E-state index contributed by atoms with van der Waals surface area (Å²) >= 11 is 0. The first-order valence-corrected chi connectivity index (χ1v) is 6.41. The van der Waals surface area contributed by atoms with Crippen LogP contribution in [-0.4, -0.2) is 62.3 Å². The van der Waals surface area contributed by atoms with E-state index in [9.17, 15) is 0 Å². The molecule has 0 aliphatic carbocycles. The zero-order valence-electron chi connectivity index (χ0n) is 9.95. The van der Waals surface area contributed by atoms with Crippen LogP contribution in [-0.2, 0) is 4.74 Å². The smallest absolute Gasteiger partial charge is 0.0594 e. The number of likely N-dealkylation sites (tertiary alicyclic amines) is 1. The van der Waals surface area contributed by atoms with Crippen molar-refractivity contribution in [2.45, 2.75) is 19.8 Å². The molecule has 0 bridgehead atoms. The second-order valence-corrected chi connectivity index (χ2v) is 4.82. The van der Waals surface area contributed by atoms with Crippen molar-refractivity contribution in [2.75, 3.05) is 52.5 Å². The van der Waals surface area contributed by atoms with E-state index in [2.05, 4.69) is 16.7 Å². The Balaban J connectivity index is 1.61. The van der Waals surface area contributed by atoms with Gasteiger partial charge in [0.25, 0.3) is 0 Å². The number of hydrogen-bond acceptors (Lipinski definition) is 3. The van der Waals surface area contributed by atoms with Gasteiger partial charge in [-0.15, -0.1) is 0 Å². The van der Waals surface area contributed by atoms with E-state index in [4.69, 9.17) is 4.74 Å². The highest BCUT2D eigenvalue weighted by molar-refractivity contribution is 4.75. The van der Waals surface area contributed by atoms with Crippen molar-refractivity contribution in [1.29, 1.82) is 0 Å². The van der Waals surface area contributed by atoms with Crippen LogP contribution >= 0.6 is 0 Å². The van der Waals surface area contributed by atoms with Crippen LogP contribution in [0.15, 0.2) is 0 Å². The Hall–Kier alpha value is -0.120. The Morgan fingerprint density at radius 2 is 1.80 bits per heavy atom. The monoisotopic (exact) mass is 212 g/mol. The standard InChI is InChI=1S/C12H24N2O/c1-2-12-3-4-14(11-12)6-5-13-7-9-15-10-8-13/h12H,2-11H2,1H3/t12-/m0/s1. The molecule has 0 amide bonds. The van der Waals surface area contributed by atoms with Gasteiger partial charge in [-0.2, -0.15) is 0 Å². The molecule has 2 saturated heterocycles. The summed E-state index contributed by atoms with van der Waals surface area (Å²) < 4.78 is 5.35. The van der Waals surface area contributed by atoms with Crippen LogP contribution in [0.4, 0.5) is 0 Å². The maximum atomic E-state index is 5.35. The molecule has 2 rings (SSSR count). The van der Waals surface area contributed by atoms with Gasteiger partial charge in [-0.25, -0.2) is 0 Å². The topological polar surface area (TPSA) is 15.7 Å². The molecule has 0 aromatic heterocycles. The summed E-state index contributed by atoms with van der Waals surface area (Å²) in [5.74, 6) is 0.967. The number of ether oxygens (including phenoxy) is 1. The Labute approximate surface area is 93.4 Å². The number of rotatable bonds is 4. The zero-order valence-corrected chi connectivity index (χ0v) is 9.95. The van der Waals surface area contributed by atoms with Crippen molar-refractivity contribution in [3.8, 4) is 0 Å². The molecule has 0 aromatic carbocycles. The highest BCUT2D eigenvalue weighted by Gasteiger charge is 2.21. The van der Waals surface area contributed by atoms with Gasteiger partial charge in [-0.05, 0) is 18.9 Å². The van der Waals surface area contributed by atoms with Crippen LogP contribution in [0.25, 0.3) is 0 Å². The molecule has 15 heavy (non-hydrogen) atoms. The minimum absolute atomic E-state index is 0.928. The van der Waals surface area contributed by atoms with E-state index in [1.165, 1.54) is 39.0 Å². The van der Waals surface area contributed by atoms with Crippen molar-refractivity contribution in [3.05, 3.63) is 0 Å². The second-order valence-electron chi connectivity index (χ2n) is 4.82. The Morgan fingerprint density at radius 3 is 2.47 bits per heavy atom. The van der Waals surface area contributed by atoms with Crippen LogP contribution in [0.1, 0.15) is 19.8 Å². The average molecular weight is 212 g/mol. The third kappa shape index (κ3) is 3.44. The van der Waals surface area contributed by atoms with Crippen LogP contribution in [0, 0.1) is 5.92 Å². The molecule has 88 valence electrons. The minimum Gasteiger partial charge on any atom is -0.379 e. The molecule has 3 nitrogen and oxygen atoms in total. The van der Waals surface area contributed by atoms with Crippen molar-refractivity contribution >= 4 is 0 Å². The molecule has 0 spiro atoms. The zero-order chi connectivity index (χ0) is 10.5. The van der Waals surface area contributed by atoms with Gasteiger partial charge < -0.3 is 9.64 Å². The van der Waals surface area contributed by atoms with Crippen LogP contribution in [0.2, 0.25) is 0 Å². The molecule has 0 unspecified atom stereocenters. The Kier molecular flexibility index (Phi) is 4.42. The van der Waals surface area contributed by atoms with Gasteiger partial charge in [-0.3, -0.25) is 4.90 Å². The first kappa shape index (κ1) is 11.4. The lowest BCUT2D eigenvalue weighted by Crippen LogP contribution is -2.41. The third-order valence-corrected chi connectivity index (χ3v) is 3.78. The predicted octanol–water partition coefficient (Wildman–Crippen LogP) is 1.05.